The fraction of sp³-hybridized carbons (Fsp3) is 0.500. The topological polar surface area (TPSA) is 60.9 Å². The summed E-state index contributed by atoms with van der Waals surface area (Å²) in [5.74, 6) is 0.740. The van der Waals surface area contributed by atoms with Gasteiger partial charge in [-0.05, 0) is 25.3 Å². The molecule has 0 saturated heterocycles. The summed E-state index contributed by atoms with van der Waals surface area (Å²) >= 11 is 6.28. The average Bonchev–Trinajstić information content (AvgIpc) is 3.07. The number of oxazole rings is 1. The third-order valence-corrected chi connectivity index (χ3v) is 3.50. The van der Waals surface area contributed by atoms with Crippen molar-refractivity contribution in [1.82, 2.24) is 14.8 Å². The fourth-order valence-electron chi connectivity index (χ4n) is 1.94. The molecule has 0 spiro atoms. The van der Waals surface area contributed by atoms with Gasteiger partial charge in [-0.25, -0.2) is 4.98 Å². The van der Waals surface area contributed by atoms with Gasteiger partial charge in [0.25, 0.3) is 0 Å². The summed E-state index contributed by atoms with van der Waals surface area (Å²) in [4.78, 5) is 15.2. The van der Waals surface area contributed by atoms with Gasteiger partial charge in [0.2, 0.25) is 0 Å². The number of hydrogen-bond donors (Lipinski definition) is 0. The molecule has 2 rings (SSSR count). The van der Waals surface area contributed by atoms with Gasteiger partial charge in [-0.2, -0.15) is 5.10 Å². The molecule has 108 valence electrons. The van der Waals surface area contributed by atoms with Crippen LogP contribution in [0.3, 0.4) is 0 Å². The summed E-state index contributed by atoms with van der Waals surface area (Å²) in [6.07, 6.45) is 8.54. The molecule has 0 saturated carbocycles. The number of hydrogen-bond acceptors (Lipinski definition) is 4. The summed E-state index contributed by atoms with van der Waals surface area (Å²) in [5, 5.41) is 4.28. The predicted octanol–water partition coefficient (Wildman–Crippen LogP) is 3.09. The molecule has 0 radical (unpaired) electrons. The molecule has 6 heteroatoms. The van der Waals surface area contributed by atoms with E-state index >= 15 is 0 Å². The molecule has 1 unspecified atom stereocenters. The lowest BCUT2D eigenvalue weighted by atomic mass is 10.1. The molecule has 0 amide bonds. The van der Waals surface area contributed by atoms with E-state index in [2.05, 4.69) is 10.1 Å². The number of carbonyl (C=O) groups is 1. The van der Waals surface area contributed by atoms with Crippen LogP contribution in [0, 0.1) is 0 Å². The highest BCUT2D eigenvalue weighted by Gasteiger charge is 2.08. The molecule has 0 aliphatic rings. The van der Waals surface area contributed by atoms with Crippen LogP contribution in [0.25, 0.3) is 0 Å². The lowest BCUT2D eigenvalue weighted by Gasteiger charge is -2.08. The number of aryl methyl sites for hydroxylation is 2. The van der Waals surface area contributed by atoms with E-state index in [0.717, 1.165) is 38.1 Å². The Morgan fingerprint density at radius 3 is 3.00 bits per heavy atom. The molecule has 0 aliphatic heterocycles. The van der Waals surface area contributed by atoms with Crippen molar-refractivity contribution in [3.05, 3.63) is 36.3 Å². The Kier molecular flexibility index (Phi) is 5.35. The number of rotatable bonds is 8. The maximum Gasteiger partial charge on any atom is 0.193 e. The van der Waals surface area contributed by atoms with E-state index in [9.17, 15) is 4.79 Å². The predicted molar refractivity (Wildman–Crippen MR) is 75.9 cm³/mol. The van der Waals surface area contributed by atoms with Crippen molar-refractivity contribution in [2.75, 3.05) is 0 Å². The average molecular weight is 296 g/mol. The maximum absolute atomic E-state index is 11.1. The molecule has 5 nitrogen and oxygen atoms in total. The summed E-state index contributed by atoms with van der Waals surface area (Å²) in [5.41, 5.74) is 0.500. The van der Waals surface area contributed by atoms with Gasteiger partial charge in [0.15, 0.2) is 11.7 Å². The monoisotopic (exact) mass is 295 g/mol. The second kappa shape index (κ2) is 7.24. The van der Waals surface area contributed by atoms with Crippen molar-refractivity contribution >= 4 is 17.4 Å². The largest absolute Gasteiger partial charge is 0.449 e. The van der Waals surface area contributed by atoms with Gasteiger partial charge in [0.05, 0.1) is 6.20 Å². The minimum Gasteiger partial charge on any atom is -0.449 e. The van der Waals surface area contributed by atoms with Crippen molar-refractivity contribution < 1.29 is 9.21 Å². The molecule has 0 aromatic carbocycles. The van der Waals surface area contributed by atoms with E-state index in [0.29, 0.717) is 5.69 Å². The number of Topliss-reactive ketones (excluding diaryl/α,β-unsaturated/α-hetero) is 1. The quantitative estimate of drug-likeness (QED) is 0.554. The molecular weight excluding hydrogens is 278 g/mol. The SMILES string of the molecule is CC(=O)c1ccn(CCC(Cl)CCCc2ncco2)n1. The molecule has 0 fully saturated rings. The number of carbonyl (C=O) groups excluding carboxylic acids is 1. The summed E-state index contributed by atoms with van der Waals surface area (Å²) in [6, 6.07) is 1.73. The Morgan fingerprint density at radius 2 is 2.35 bits per heavy atom. The Labute approximate surface area is 122 Å². The number of nitrogens with zero attached hydrogens (tertiary/aromatic N) is 3. The van der Waals surface area contributed by atoms with Gasteiger partial charge in [-0.1, -0.05) is 0 Å². The van der Waals surface area contributed by atoms with Crippen LogP contribution >= 0.6 is 11.6 Å². The first-order chi connectivity index (χ1) is 9.65. The van der Waals surface area contributed by atoms with E-state index in [4.69, 9.17) is 16.0 Å². The Hall–Kier alpha value is -1.62. The highest BCUT2D eigenvalue weighted by molar-refractivity contribution is 6.20. The summed E-state index contributed by atoms with van der Waals surface area (Å²) in [6.45, 7) is 2.24. The Balaban J connectivity index is 1.66. The van der Waals surface area contributed by atoms with Crippen LogP contribution in [0.5, 0.6) is 0 Å². The van der Waals surface area contributed by atoms with Crippen molar-refractivity contribution in [3.63, 3.8) is 0 Å². The van der Waals surface area contributed by atoms with Crippen LogP contribution in [-0.4, -0.2) is 25.9 Å². The minimum atomic E-state index is -0.0166. The number of aromatic nitrogens is 3. The third kappa shape index (κ3) is 4.49. The van der Waals surface area contributed by atoms with Gasteiger partial charge in [-0.3, -0.25) is 9.48 Å². The lowest BCUT2D eigenvalue weighted by Crippen LogP contribution is -2.08. The molecule has 2 aromatic rings. The second-order valence-corrected chi connectivity index (χ2v) is 5.34. The number of alkyl halides is 1. The fourth-order valence-corrected chi connectivity index (χ4v) is 2.19. The van der Waals surface area contributed by atoms with E-state index < -0.39 is 0 Å². The normalized spacial score (nSPS) is 12.5. The molecule has 2 aromatic heterocycles. The highest BCUT2D eigenvalue weighted by Crippen LogP contribution is 2.13. The van der Waals surface area contributed by atoms with Crippen LogP contribution in [0.2, 0.25) is 0 Å². The van der Waals surface area contributed by atoms with E-state index in [1.54, 1.807) is 23.2 Å². The van der Waals surface area contributed by atoms with Crippen molar-refractivity contribution in [2.24, 2.45) is 0 Å². The first kappa shape index (κ1) is 14.8. The van der Waals surface area contributed by atoms with Crippen LogP contribution in [-0.2, 0) is 13.0 Å². The van der Waals surface area contributed by atoms with Crippen LogP contribution in [0.4, 0.5) is 0 Å². The van der Waals surface area contributed by atoms with Gasteiger partial charge >= 0.3 is 0 Å². The standard InChI is InChI=1S/C14H18ClN3O2/c1-11(19)13-6-9-18(17-13)8-5-12(15)3-2-4-14-16-7-10-20-14/h6-7,9-10,12H,2-5,8H2,1H3. The molecular formula is C14H18ClN3O2. The van der Waals surface area contributed by atoms with Crippen molar-refractivity contribution in [3.8, 4) is 0 Å². The van der Waals surface area contributed by atoms with Crippen molar-refractivity contribution in [1.29, 1.82) is 0 Å². The summed E-state index contributed by atoms with van der Waals surface area (Å²) < 4.78 is 6.93. The van der Waals surface area contributed by atoms with Gasteiger partial charge in [-0.15, -0.1) is 11.6 Å². The Bertz CT molecular complexity index is 536. The van der Waals surface area contributed by atoms with Crippen LogP contribution < -0.4 is 0 Å². The molecule has 0 bridgehead atoms. The van der Waals surface area contributed by atoms with Crippen molar-refractivity contribution in [2.45, 2.75) is 44.5 Å². The van der Waals surface area contributed by atoms with Gasteiger partial charge in [0, 0.05) is 31.5 Å². The molecule has 1 atom stereocenters. The lowest BCUT2D eigenvalue weighted by molar-refractivity contribution is 0.101. The van der Waals surface area contributed by atoms with E-state index in [-0.39, 0.29) is 11.2 Å². The zero-order valence-electron chi connectivity index (χ0n) is 11.5. The third-order valence-electron chi connectivity index (χ3n) is 3.06. The van der Waals surface area contributed by atoms with E-state index in [1.807, 2.05) is 6.20 Å². The minimum absolute atomic E-state index is 0.0166. The molecule has 20 heavy (non-hydrogen) atoms. The maximum atomic E-state index is 11.1. The first-order valence-corrected chi connectivity index (χ1v) is 7.15. The zero-order valence-corrected chi connectivity index (χ0v) is 12.2. The number of halogens is 1. The number of ketones is 1. The second-order valence-electron chi connectivity index (χ2n) is 4.72. The summed E-state index contributed by atoms with van der Waals surface area (Å²) in [7, 11) is 0. The Morgan fingerprint density at radius 1 is 1.50 bits per heavy atom. The van der Waals surface area contributed by atoms with Gasteiger partial charge < -0.3 is 4.42 Å². The smallest absolute Gasteiger partial charge is 0.193 e. The first-order valence-electron chi connectivity index (χ1n) is 6.72. The van der Waals surface area contributed by atoms with Gasteiger partial charge in [0.1, 0.15) is 12.0 Å². The molecule has 0 N–H and O–H groups in total. The van der Waals surface area contributed by atoms with E-state index in [1.165, 1.54) is 6.92 Å². The van der Waals surface area contributed by atoms with Crippen LogP contribution in [0.15, 0.2) is 29.1 Å². The highest BCUT2D eigenvalue weighted by atomic mass is 35.5. The molecule has 2 heterocycles. The molecule has 0 aliphatic carbocycles. The zero-order chi connectivity index (χ0) is 14.4. The van der Waals surface area contributed by atoms with Crippen LogP contribution in [0.1, 0.15) is 42.6 Å².